The molecule has 0 aliphatic heterocycles. The van der Waals surface area contributed by atoms with E-state index >= 15 is 0 Å². The number of hydrogen-bond donors (Lipinski definition) is 1. The van der Waals surface area contributed by atoms with E-state index in [1.807, 2.05) is 13.0 Å². The van der Waals surface area contributed by atoms with Gasteiger partial charge in [0.15, 0.2) is 0 Å². The van der Waals surface area contributed by atoms with Crippen LogP contribution in [0.3, 0.4) is 0 Å². The maximum absolute atomic E-state index is 12.3. The average Bonchev–Trinajstić information content (AvgIpc) is 3.06. The van der Waals surface area contributed by atoms with Gasteiger partial charge in [-0.25, -0.2) is 0 Å². The zero-order chi connectivity index (χ0) is 24.0. The molecule has 1 unspecified atom stereocenters. The van der Waals surface area contributed by atoms with Crippen LogP contribution in [-0.4, -0.2) is 10.5 Å². The number of hydrogen-bond acceptors (Lipinski definition) is 1. The second-order valence-corrected chi connectivity index (χ2v) is 11.8. The Balaban J connectivity index is 2.27. The van der Waals surface area contributed by atoms with Gasteiger partial charge in [0.05, 0.1) is 5.56 Å². The molecule has 1 amide bonds. The molecule has 1 heterocycles. The van der Waals surface area contributed by atoms with Crippen LogP contribution in [-0.2, 0) is 17.3 Å². The Morgan fingerprint density at radius 2 is 1.56 bits per heavy atom. The van der Waals surface area contributed by atoms with Crippen LogP contribution in [0.15, 0.2) is 18.2 Å². The first kappa shape index (κ1) is 24.6. The molecule has 1 aromatic carbocycles. The molecule has 0 spiro atoms. The molecular weight excluding hydrogens is 392 g/mol. The van der Waals surface area contributed by atoms with E-state index in [0.29, 0.717) is 17.5 Å². The number of benzene rings is 1. The number of nitrogens with zero attached hydrogens (tertiary/aromatic N) is 1. The van der Waals surface area contributed by atoms with Crippen molar-refractivity contribution < 1.29 is 4.79 Å². The van der Waals surface area contributed by atoms with Gasteiger partial charge in [0, 0.05) is 23.0 Å². The smallest absolute Gasteiger partial charge is 0.250 e. The molecule has 3 nitrogen and oxygen atoms in total. The average molecular weight is 437 g/mol. The van der Waals surface area contributed by atoms with E-state index in [1.54, 1.807) is 0 Å². The summed E-state index contributed by atoms with van der Waals surface area (Å²) in [6.07, 6.45) is 5.62. The van der Waals surface area contributed by atoms with Crippen LogP contribution in [0.2, 0.25) is 0 Å². The summed E-state index contributed by atoms with van der Waals surface area (Å²) in [5.74, 6) is 0.321. The van der Waals surface area contributed by atoms with Crippen molar-refractivity contribution in [2.45, 2.75) is 111 Å². The Kier molecular flexibility index (Phi) is 6.71. The Hall–Kier alpha value is -2.03. The molecule has 3 rings (SSSR count). The summed E-state index contributed by atoms with van der Waals surface area (Å²) in [6, 6.07) is 7.26. The number of aromatic nitrogens is 1. The number of rotatable bonds is 7. The van der Waals surface area contributed by atoms with Gasteiger partial charge in [-0.2, -0.15) is 0 Å². The van der Waals surface area contributed by atoms with Gasteiger partial charge in [0.25, 0.3) is 5.91 Å². The van der Waals surface area contributed by atoms with Crippen LogP contribution in [0.4, 0.5) is 0 Å². The number of fused-ring (bicyclic) bond motifs is 1. The summed E-state index contributed by atoms with van der Waals surface area (Å²) in [6.45, 7) is 20.6. The van der Waals surface area contributed by atoms with Gasteiger partial charge in [0.1, 0.15) is 0 Å². The molecule has 3 heteroatoms. The van der Waals surface area contributed by atoms with Crippen LogP contribution in [0.5, 0.6) is 0 Å². The maximum atomic E-state index is 12.3. The van der Waals surface area contributed by atoms with E-state index in [0.717, 1.165) is 30.7 Å². The number of nitrogens with two attached hydrogens (primary N) is 1. The lowest BCUT2D eigenvalue weighted by Gasteiger charge is -2.42. The second kappa shape index (κ2) is 8.72. The molecule has 1 aliphatic carbocycles. The SMILES string of the molecule is CCc1cc2c(cc1-c1cc(C(N)=O)c(C)n1C(C)CCC(C)C)C(C)(C)CCC2(C)C. The van der Waals surface area contributed by atoms with E-state index in [-0.39, 0.29) is 16.7 Å². The van der Waals surface area contributed by atoms with Crippen molar-refractivity contribution >= 4 is 5.91 Å². The van der Waals surface area contributed by atoms with Crippen molar-refractivity contribution in [1.82, 2.24) is 4.57 Å². The summed E-state index contributed by atoms with van der Waals surface area (Å²) in [7, 11) is 0. The Morgan fingerprint density at radius 1 is 1.00 bits per heavy atom. The number of aryl methyl sites for hydroxylation is 1. The lowest BCUT2D eigenvalue weighted by atomic mass is 9.62. The largest absolute Gasteiger partial charge is 0.366 e. The van der Waals surface area contributed by atoms with E-state index in [2.05, 4.69) is 72.1 Å². The monoisotopic (exact) mass is 436 g/mol. The first-order chi connectivity index (χ1) is 14.8. The number of carbonyl (C=O) groups is 1. The molecule has 0 bridgehead atoms. The Bertz CT molecular complexity index is 1010. The molecule has 2 N–H and O–H groups in total. The first-order valence-corrected chi connectivity index (χ1v) is 12.5. The molecule has 0 saturated carbocycles. The number of carbonyl (C=O) groups excluding carboxylic acids is 1. The quantitative estimate of drug-likeness (QED) is 0.481. The van der Waals surface area contributed by atoms with E-state index in [4.69, 9.17) is 5.73 Å². The van der Waals surface area contributed by atoms with Crippen LogP contribution in [0.25, 0.3) is 11.3 Å². The van der Waals surface area contributed by atoms with Crippen molar-refractivity contribution in [2.75, 3.05) is 0 Å². The molecule has 176 valence electrons. The lowest BCUT2D eigenvalue weighted by molar-refractivity contribution is 0.0999. The highest BCUT2D eigenvalue weighted by Gasteiger charge is 2.38. The summed E-state index contributed by atoms with van der Waals surface area (Å²) >= 11 is 0. The topological polar surface area (TPSA) is 48.0 Å². The van der Waals surface area contributed by atoms with Gasteiger partial charge in [-0.1, -0.05) is 54.5 Å². The van der Waals surface area contributed by atoms with Crippen LogP contribution < -0.4 is 5.73 Å². The van der Waals surface area contributed by atoms with Crippen molar-refractivity contribution in [3.8, 4) is 11.3 Å². The summed E-state index contributed by atoms with van der Waals surface area (Å²) in [5.41, 5.74) is 14.5. The minimum atomic E-state index is -0.337. The summed E-state index contributed by atoms with van der Waals surface area (Å²) < 4.78 is 2.38. The lowest BCUT2D eigenvalue weighted by Crippen LogP contribution is -2.34. The summed E-state index contributed by atoms with van der Waals surface area (Å²) in [4.78, 5) is 12.3. The fourth-order valence-electron chi connectivity index (χ4n) is 5.54. The molecule has 0 fully saturated rings. The minimum Gasteiger partial charge on any atom is -0.366 e. The van der Waals surface area contributed by atoms with Gasteiger partial charge >= 0.3 is 0 Å². The maximum Gasteiger partial charge on any atom is 0.250 e. The first-order valence-electron chi connectivity index (χ1n) is 12.5. The predicted molar refractivity (Wildman–Crippen MR) is 137 cm³/mol. The Morgan fingerprint density at radius 3 is 2.06 bits per heavy atom. The van der Waals surface area contributed by atoms with Crippen molar-refractivity contribution in [3.05, 3.63) is 46.1 Å². The molecule has 2 aromatic rings. The highest BCUT2D eigenvalue weighted by Crippen LogP contribution is 2.48. The molecule has 32 heavy (non-hydrogen) atoms. The third-order valence-corrected chi connectivity index (χ3v) is 7.89. The molecule has 1 aromatic heterocycles. The molecule has 0 radical (unpaired) electrons. The third kappa shape index (κ3) is 4.40. The van der Waals surface area contributed by atoms with Crippen LogP contribution >= 0.6 is 0 Å². The van der Waals surface area contributed by atoms with Crippen molar-refractivity contribution in [1.29, 1.82) is 0 Å². The van der Waals surface area contributed by atoms with Gasteiger partial charge in [-0.15, -0.1) is 0 Å². The molecule has 1 aliphatic rings. The molecular formula is C29H44N2O. The second-order valence-electron chi connectivity index (χ2n) is 11.8. The van der Waals surface area contributed by atoms with Crippen LogP contribution in [0.1, 0.15) is 120 Å². The highest BCUT2D eigenvalue weighted by atomic mass is 16.1. The molecule has 0 saturated heterocycles. The van der Waals surface area contributed by atoms with Gasteiger partial charge in [-0.3, -0.25) is 4.79 Å². The van der Waals surface area contributed by atoms with Gasteiger partial charge in [0.2, 0.25) is 0 Å². The van der Waals surface area contributed by atoms with E-state index < -0.39 is 0 Å². The molecule has 1 atom stereocenters. The standard InChI is InChI=1S/C29H44N2O/c1-10-21-15-24-25(29(8,9)14-13-28(24,6)7)16-23(21)26-17-22(27(30)32)20(5)31(26)19(4)12-11-18(2)3/h15-19H,10-14H2,1-9H3,(H2,30,32). The third-order valence-electron chi connectivity index (χ3n) is 7.89. The van der Waals surface area contributed by atoms with E-state index in [1.165, 1.54) is 35.1 Å². The van der Waals surface area contributed by atoms with Crippen LogP contribution in [0, 0.1) is 12.8 Å². The minimum absolute atomic E-state index is 0.147. The predicted octanol–water partition coefficient (Wildman–Crippen LogP) is 7.47. The zero-order valence-corrected chi connectivity index (χ0v) is 21.9. The summed E-state index contributed by atoms with van der Waals surface area (Å²) in [5, 5.41) is 0. The fourth-order valence-corrected chi connectivity index (χ4v) is 5.54. The zero-order valence-electron chi connectivity index (χ0n) is 21.9. The van der Waals surface area contributed by atoms with Gasteiger partial charge < -0.3 is 10.3 Å². The van der Waals surface area contributed by atoms with Crippen molar-refractivity contribution in [3.63, 3.8) is 0 Å². The number of amides is 1. The normalized spacial score (nSPS) is 17.9. The van der Waals surface area contributed by atoms with Crippen molar-refractivity contribution in [2.24, 2.45) is 11.7 Å². The fraction of sp³-hybridized carbons (Fsp3) is 0.621. The van der Waals surface area contributed by atoms with E-state index in [9.17, 15) is 4.79 Å². The van der Waals surface area contributed by atoms with Gasteiger partial charge in [-0.05, 0) is 91.5 Å². The highest BCUT2D eigenvalue weighted by molar-refractivity contribution is 5.96. The Labute approximate surface area is 195 Å². The number of primary amides is 1.